The molecule has 7 heteroatoms. The number of nitrogens with zero attached hydrogens (tertiary/aromatic N) is 1. The van der Waals surface area contributed by atoms with Crippen LogP contribution in [-0.4, -0.2) is 42.7 Å². The van der Waals surface area contributed by atoms with Crippen LogP contribution in [0.4, 0.5) is 13.2 Å². The van der Waals surface area contributed by atoms with Gasteiger partial charge in [0.2, 0.25) is 5.91 Å². The molecule has 0 bridgehead atoms. The second kappa shape index (κ2) is 6.98. The monoisotopic (exact) mass is 314 g/mol. The van der Waals surface area contributed by atoms with Crippen LogP contribution in [0.1, 0.15) is 32.6 Å². The Hall–Kier alpha value is -0.490. The molecule has 0 spiro atoms. The van der Waals surface area contributed by atoms with Crippen molar-refractivity contribution in [2.24, 2.45) is 11.8 Å². The Labute approximate surface area is 123 Å². The number of rotatable bonds is 1. The van der Waals surface area contributed by atoms with Gasteiger partial charge in [0.05, 0.1) is 5.92 Å². The van der Waals surface area contributed by atoms with Crippen molar-refractivity contribution in [3.05, 3.63) is 0 Å². The smallest absolute Gasteiger partial charge is 0.337 e. The molecule has 1 heterocycles. The van der Waals surface area contributed by atoms with E-state index in [1.807, 2.05) is 6.92 Å². The second-order valence-electron chi connectivity index (χ2n) is 5.69. The van der Waals surface area contributed by atoms with E-state index in [2.05, 4.69) is 5.32 Å². The SMILES string of the molecule is CC1CNCCN1C(=O)C1CCCC(C(F)(F)F)C1.Cl. The van der Waals surface area contributed by atoms with Gasteiger partial charge in [-0.25, -0.2) is 0 Å². The average Bonchev–Trinajstić information content (AvgIpc) is 2.38. The maximum absolute atomic E-state index is 12.8. The zero-order valence-electron chi connectivity index (χ0n) is 11.6. The number of amides is 1. The average molecular weight is 315 g/mol. The van der Waals surface area contributed by atoms with Crippen LogP contribution in [0.15, 0.2) is 0 Å². The minimum atomic E-state index is -4.16. The van der Waals surface area contributed by atoms with E-state index in [4.69, 9.17) is 0 Å². The van der Waals surface area contributed by atoms with Gasteiger partial charge in [0.15, 0.2) is 0 Å². The Morgan fingerprint density at radius 3 is 2.60 bits per heavy atom. The standard InChI is InChI=1S/C13H21F3N2O.ClH/c1-9-8-17-5-6-18(9)12(19)10-3-2-4-11(7-10)13(14,15)16;/h9-11,17H,2-8H2,1H3;1H. The van der Waals surface area contributed by atoms with Crippen molar-refractivity contribution in [2.75, 3.05) is 19.6 Å². The lowest BCUT2D eigenvalue weighted by molar-refractivity contribution is -0.187. The third kappa shape index (κ3) is 4.01. The lowest BCUT2D eigenvalue weighted by atomic mass is 9.80. The fraction of sp³-hybridized carbons (Fsp3) is 0.923. The van der Waals surface area contributed by atoms with Gasteiger partial charge in [-0.2, -0.15) is 13.2 Å². The van der Waals surface area contributed by atoms with Crippen LogP contribution in [0.5, 0.6) is 0 Å². The zero-order valence-corrected chi connectivity index (χ0v) is 12.4. The Balaban J connectivity index is 0.00000200. The van der Waals surface area contributed by atoms with Gasteiger partial charge in [0, 0.05) is 31.6 Å². The van der Waals surface area contributed by atoms with Gasteiger partial charge in [-0.05, 0) is 26.2 Å². The molecule has 1 aliphatic heterocycles. The predicted molar refractivity (Wildman–Crippen MR) is 72.8 cm³/mol. The van der Waals surface area contributed by atoms with Crippen LogP contribution in [0.3, 0.4) is 0 Å². The summed E-state index contributed by atoms with van der Waals surface area (Å²) in [7, 11) is 0. The molecule has 3 atom stereocenters. The molecule has 1 amide bonds. The highest BCUT2D eigenvalue weighted by Crippen LogP contribution is 2.40. The number of carbonyl (C=O) groups is 1. The molecule has 3 unspecified atom stereocenters. The molecule has 0 radical (unpaired) electrons. The van der Waals surface area contributed by atoms with Crippen LogP contribution in [0.2, 0.25) is 0 Å². The van der Waals surface area contributed by atoms with E-state index in [9.17, 15) is 18.0 Å². The van der Waals surface area contributed by atoms with Crippen molar-refractivity contribution in [3.63, 3.8) is 0 Å². The second-order valence-corrected chi connectivity index (χ2v) is 5.69. The van der Waals surface area contributed by atoms with Gasteiger partial charge >= 0.3 is 6.18 Å². The molecule has 2 rings (SSSR count). The van der Waals surface area contributed by atoms with Gasteiger partial charge in [0.1, 0.15) is 0 Å². The molecule has 118 valence electrons. The van der Waals surface area contributed by atoms with Crippen LogP contribution in [-0.2, 0) is 4.79 Å². The van der Waals surface area contributed by atoms with Crippen LogP contribution >= 0.6 is 12.4 Å². The Morgan fingerprint density at radius 1 is 1.30 bits per heavy atom. The number of hydrogen-bond donors (Lipinski definition) is 1. The molecule has 2 aliphatic rings. The lowest BCUT2D eigenvalue weighted by Gasteiger charge is -2.38. The van der Waals surface area contributed by atoms with E-state index in [-0.39, 0.29) is 37.2 Å². The molecule has 0 aromatic heterocycles. The predicted octanol–water partition coefficient (Wildman–Crippen LogP) is 2.60. The Kier molecular flexibility index (Phi) is 6.13. The molecular weight excluding hydrogens is 293 g/mol. The summed E-state index contributed by atoms with van der Waals surface area (Å²) in [6, 6.07) is 0.0764. The quantitative estimate of drug-likeness (QED) is 0.807. The minimum absolute atomic E-state index is 0. The fourth-order valence-corrected chi connectivity index (χ4v) is 3.11. The van der Waals surface area contributed by atoms with E-state index < -0.39 is 18.0 Å². The van der Waals surface area contributed by atoms with Gasteiger partial charge in [-0.3, -0.25) is 4.79 Å². The first kappa shape index (κ1) is 17.6. The topological polar surface area (TPSA) is 32.3 Å². The highest BCUT2D eigenvalue weighted by atomic mass is 35.5. The van der Waals surface area contributed by atoms with Crippen LogP contribution in [0.25, 0.3) is 0 Å². The highest BCUT2D eigenvalue weighted by Gasteiger charge is 2.44. The maximum Gasteiger partial charge on any atom is 0.391 e. The van der Waals surface area contributed by atoms with Crippen molar-refractivity contribution in [3.8, 4) is 0 Å². The Morgan fingerprint density at radius 2 is 2.00 bits per heavy atom. The minimum Gasteiger partial charge on any atom is -0.337 e. The third-order valence-corrected chi connectivity index (χ3v) is 4.27. The molecule has 1 saturated heterocycles. The number of piperazine rings is 1. The number of alkyl halides is 3. The van der Waals surface area contributed by atoms with E-state index in [0.29, 0.717) is 19.4 Å². The number of carbonyl (C=O) groups excluding carboxylic acids is 1. The molecule has 20 heavy (non-hydrogen) atoms. The largest absolute Gasteiger partial charge is 0.391 e. The van der Waals surface area contributed by atoms with E-state index in [1.165, 1.54) is 0 Å². The van der Waals surface area contributed by atoms with Crippen molar-refractivity contribution < 1.29 is 18.0 Å². The summed E-state index contributed by atoms with van der Waals surface area (Å²) in [4.78, 5) is 14.1. The van der Waals surface area contributed by atoms with Gasteiger partial charge in [-0.1, -0.05) is 6.42 Å². The van der Waals surface area contributed by atoms with Crippen LogP contribution in [0, 0.1) is 11.8 Å². The van der Waals surface area contributed by atoms with E-state index in [1.54, 1.807) is 4.90 Å². The molecule has 1 N–H and O–H groups in total. The first-order valence-corrected chi connectivity index (χ1v) is 6.97. The fourth-order valence-electron chi connectivity index (χ4n) is 3.11. The summed E-state index contributed by atoms with van der Waals surface area (Å²) in [5.41, 5.74) is 0. The zero-order chi connectivity index (χ0) is 14.0. The molecule has 2 fully saturated rings. The Bertz CT molecular complexity index is 338. The molecule has 1 aliphatic carbocycles. The number of halogens is 4. The van der Waals surface area contributed by atoms with Crippen molar-refractivity contribution in [2.45, 2.75) is 44.8 Å². The molecule has 1 saturated carbocycles. The normalized spacial score (nSPS) is 31.6. The first-order valence-electron chi connectivity index (χ1n) is 6.97. The van der Waals surface area contributed by atoms with E-state index in [0.717, 1.165) is 13.1 Å². The summed E-state index contributed by atoms with van der Waals surface area (Å²) < 4.78 is 38.3. The molecule has 3 nitrogen and oxygen atoms in total. The maximum atomic E-state index is 12.8. The number of nitrogens with one attached hydrogen (secondary N) is 1. The van der Waals surface area contributed by atoms with Crippen LogP contribution < -0.4 is 5.32 Å². The lowest BCUT2D eigenvalue weighted by Crippen LogP contribution is -2.54. The highest BCUT2D eigenvalue weighted by molar-refractivity contribution is 5.85. The summed E-state index contributed by atoms with van der Waals surface area (Å²) in [5.74, 6) is -1.82. The molecule has 0 aromatic carbocycles. The van der Waals surface area contributed by atoms with Crippen molar-refractivity contribution >= 4 is 18.3 Å². The first-order chi connectivity index (χ1) is 8.89. The summed E-state index contributed by atoms with van der Waals surface area (Å²) in [6.07, 6.45) is -2.92. The van der Waals surface area contributed by atoms with E-state index >= 15 is 0 Å². The van der Waals surface area contributed by atoms with Gasteiger partial charge < -0.3 is 10.2 Å². The summed E-state index contributed by atoms with van der Waals surface area (Å²) in [5, 5.41) is 3.18. The van der Waals surface area contributed by atoms with Crippen molar-refractivity contribution in [1.29, 1.82) is 0 Å². The summed E-state index contributed by atoms with van der Waals surface area (Å²) >= 11 is 0. The summed E-state index contributed by atoms with van der Waals surface area (Å²) in [6.45, 7) is 3.99. The van der Waals surface area contributed by atoms with Gasteiger partial charge in [-0.15, -0.1) is 12.4 Å². The van der Waals surface area contributed by atoms with Crippen molar-refractivity contribution in [1.82, 2.24) is 10.2 Å². The molecular formula is C13H22ClF3N2O. The van der Waals surface area contributed by atoms with Gasteiger partial charge in [0.25, 0.3) is 0 Å². The molecule has 0 aromatic rings. The number of hydrogen-bond acceptors (Lipinski definition) is 2. The third-order valence-electron chi connectivity index (χ3n) is 4.27.